The lowest BCUT2D eigenvalue weighted by Gasteiger charge is -2.55. The minimum Gasteiger partial charge on any atom is -0.466 e. The first-order chi connectivity index (χ1) is 14.9. The van der Waals surface area contributed by atoms with Gasteiger partial charge in [-0.05, 0) is 19.4 Å². The lowest BCUT2D eigenvalue weighted by Crippen LogP contribution is -2.69. The normalized spacial score (nSPS) is 30.9. The van der Waals surface area contributed by atoms with Crippen molar-refractivity contribution in [2.45, 2.75) is 49.5 Å². The number of benzene rings is 1. The van der Waals surface area contributed by atoms with Crippen LogP contribution in [0.3, 0.4) is 0 Å². The summed E-state index contributed by atoms with van der Waals surface area (Å²) in [4.78, 5) is 27.9. The maximum Gasteiger partial charge on any atom is 0.414 e. The van der Waals surface area contributed by atoms with Gasteiger partial charge in [-0.25, -0.2) is 4.79 Å². The van der Waals surface area contributed by atoms with Gasteiger partial charge in [-0.3, -0.25) is 9.69 Å². The topological polar surface area (TPSA) is 94.5 Å². The summed E-state index contributed by atoms with van der Waals surface area (Å²) in [6, 6.07) is 7.12. The van der Waals surface area contributed by atoms with Crippen molar-refractivity contribution in [3.63, 3.8) is 0 Å². The van der Waals surface area contributed by atoms with Crippen LogP contribution in [0.2, 0.25) is 0 Å². The van der Waals surface area contributed by atoms with Gasteiger partial charge in [0.2, 0.25) is 0 Å². The molecule has 2 fully saturated rings. The van der Waals surface area contributed by atoms with Gasteiger partial charge in [-0.1, -0.05) is 24.3 Å². The molecule has 4 rings (SSSR count). The van der Waals surface area contributed by atoms with E-state index in [2.05, 4.69) is 6.58 Å². The Morgan fingerprint density at radius 3 is 2.65 bits per heavy atom. The zero-order valence-electron chi connectivity index (χ0n) is 18.0. The Bertz CT molecular complexity index is 880. The van der Waals surface area contributed by atoms with Crippen molar-refractivity contribution in [1.29, 1.82) is 0 Å². The first-order valence-electron chi connectivity index (χ1n) is 10.6. The summed E-state index contributed by atoms with van der Waals surface area (Å²) in [5.41, 5.74) is -1.85. The average molecular weight is 431 g/mol. The fourth-order valence-corrected chi connectivity index (χ4v) is 5.68. The van der Waals surface area contributed by atoms with Crippen LogP contribution in [0.25, 0.3) is 0 Å². The Kier molecular flexibility index (Phi) is 5.57. The minimum absolute atomic E-state index is 0.141. The van der Waals surface area contributed by atoms with Crippen molar-refractivity contribution in [2.24, 2.45) is 5.92 Å². The number of fused-ring (bicyclic) bond motifs is 1. The van der Waals surface area contributed by atoms with Crippen molar-refractivity contribution >= 4 is 17.7 Å². The average Bonchev–Trinajstić information content (AvgIpc) is 3.30. The van der Waals surface area contributed by atoms with E-state index in [-0.39, 0.29) is 25.9 Å². The number of aliphatic hydroxyl groups is 1. The quantitative estimate of drug-likeness (QED) is 0.579. The van der Waals surface area contributed by atoms with Crippen molar-refractivity contribution < 1.29 is 33.6 Å². The van der Waals surface area contributed by atoms with Gasteiger partial charge in [0, 0.05) is 24.8 Å². The molecule has 1 aliphatic carbocycles. The molecule has 8 heteroatoms. The fourth-order valence-electron chi connectivity index (χ4n) is 5.68. The molecule has 1 N–H and O–H groups in total. The molecule has 0 unspecified atom stereocenters. The van der Waals surface area contributed by atoms with Crippen LogP contribution < -0.4 is 4.90 Å². The molecule has 3 aliphatic rings. The van der Waals surface area contributed by atoms with Crippen LogP contribution in [0.1, 0.15) is 38.2 Å². The highest BCUT2D eigenvalue weighted by Gasteiger charge is 2.71. The van der Waals surface area contributed by atoms with Gasteiger partial charge in [-0.2, -0.15) is 0 Å². The molecule has 1 aromatic carbocycles. The maximum absolute atomic E-state index is 13.3. The Balaban J connectivity index is 1.94. The summed E-state index contributed by atoms with van der Waals surface area (Å²) >= 11 is 0. The SMILES string of the molecule is C=CC[C@@]1(O)c2ccccc2N(C(=O)OC)[C@@]12CCC1(C[C@@H]2C(=O)OCC)OCCO1. The van der Waals surface area contributed by atoms with Crippen LogP contribution in [-0.2, 0) is 29.3 Å². The van der Waals surface area contributed by atoms with Crippen molar-refractivity contribution in [1.82, 2.24) is 0 Å². The highest BCUT2D eigenvalue weighted by molar-refractivity contribution is 5.96. The van der Waals surface area contributed by atoms with Crippen LogP contribution in [0.5, 0.6) is 0 Å². The number of hydrogen-bond acceptors (Lipinski definition) is 7. The van der Waals surface area contributed by atoms with E-state index < -0.39 is 34.9 Å². The van der Waals surface area contributed by atoms with Crippen LogP contribution >= 0.6 is 0 Å². The zero-order valence-corrected chi connectivity index (χ0v) is 18.0. The molecule has 31 heavy (non-hydrogen) atoms. The van der Waals surface area contributed by atoms with Crippen molar-refractivity contribution in [3.8, 4) is 0 Å². The molecule has 2 aliphatic heterocycles. The van der Waals surface area contributed by atoms with Crippen LogP contribution in [0.15, 0.2) is 36.9 Å². The molecule has 2 heterocycles. The van der Waals surface area contributed by atoms with Crippen molar-refractivity contribution in [3.05, 3.63) is 42.5 Å². The van der Waals surface area contributed by atoms with E-state index >= 15 is 0 Å². The number of carbonyl (C=O) groups is 2. The first-order valence-corrected chi connectivity index (χ1v) is 10.6. The van der Waals surface area contributed by atoms with Gasteiger partial charge in [0.05, 0.1) is 44.1 Å². The second-order valence-corrected chi connectivity index (χ2v) is 8.22. The molecule has 1 saturated heterocycles. The van der Waals surface area contributed by atoms with Gasteiger partial charge >= 0.3 is 12.1 Å². The fraction of sp³-hybridized carbons (Fsp3) is 0.565. The number of anilines is 1. The molecule has 1 saturated carbocycles. The van der Waals surface area contributed by atoms with Gasteiger partial charge in [0.15, 0.2) is 5.79 Å². The number of para-hydroxylation sites is 1. The number of methoxy groups -OCH3 is 1. The van der Waals surface area contributed by atoms with Crippen molar-refractivity contribution in [2.75, 3.05) is 31.8 Å². The summed E-state index contributed by atoms with van der Waals surface area (Å²) in [6.07, 6.45) is 1.92. The smallest absolute Gasteiger partial charge is 0.414 e. The number of rotatable bonds is 4. The van der Waals surface area contributed by atoms with E-state index in [4.69, 9.17) is 18.9 Å². The number of ether oxygens (including phenoxy) is 4. The largest absolute Gasteiger partial charge is 0.466 e. The highest BCUT2D eigenvalue weighted by Crippen LogP contribution is 2.62. The molecule has 168 valence electrons. The molecule has 2 spiro atoms. The lowest BCUT2D eigenvalue weighted by atomic mass is 9.60. The Morgan fingerprint density at radius 1 is 1.29 bits per heavy atom. The van der Waals surface area contributed by atoms with E-state index in [9.17, 15) is 14.7 Å². The highest BCUT2D eigenvalue weighted by atomic mass is 16.7. The maximum atomic E-state index is 13.3. The minimum atomic E-state index is -1.57. The second kappa shape index (κ2) is 7.93. The molecule has 1 amide bonds. The second-order valence-electron chi connectivity index (χ2n) is 8.22. The summed E-state index contributed by atoms with van der Waals surface area (Å²) in [5.74, 6) is -2.35. The third-order valence-corrected chi connectivity index (χ3v) is 6.87. The van der Waals surface area contributed by atoms with Crippen LogP contribution in [0, 0.1) is 5.92 Å². The van der Waals surface area contributed by atoms with Gasteiger partial charge < -0.3 is 24.1 Å². The van der Waals surface area contributed by atoms with Gasteiger partial charge in [0.1, 0.15) is 5.60 Å². The summed E-state index contributed by atoms with van der Waals surface area (Å²) in [5, 5.41) is 12.2. The molecule has 8 nitrogen and oxygen atoms in total. The molecule has 3 atom stereocenters. The van der Waals surface area contributed by atoms with Crippen LogP contribution in [0.4, 0.5) is 10.5 Å². The number of carbonyl (C=O) groups excluding carboxylic acids is 2. The van der Waals surface area contributed by atoms with E-state index in [1.165, 1.54) is 12.0 Å². The third kappa shape index (κ3) is 3.00. The summed E-state index contributed by atoms with van der Waals surface area (Å²) in [7, 11) is 1.29. The summed E-state index contributed by atoms with van der Waals surface area (Å²) in [6.45, 7) is 6.59. The molecule has 1 aromatic rings. The Morgan fingerprint density at radius 2 is 2.00 bits per heavy atom. The predicted molar refractivity (Wildman–Crippen MR) is 111 cm³/mol. The van der Waals surface area contributed by atoms with E-state index in [0.717, 1.165) is 0 Å². The first kappa shape index (κ1) is 21.8. The number of amides is 1. The molecular formula is C23H29NO7. The van der Waals surface area contributed by atoms with E-state index in [1.54, 1.807) is 37.3 Å². The van der Waals surface area contributed by atoms with E-state index in [0.29, 0.717) is 30.9 Å². The summed E-state index contributed by atoms with van der Waals surface area (Å²) < 4.78 is 22.4. The Hall–Kier alpha value is -2.42. The lowest BCUT2D eigenvalue weighted by molar-refractivity contribution is -0.220. The predicted octanol–water partition coefficient (Wildman–Crippen LogP) is 2.88. The van der Waals surface area contributed by atoms with Gasteiger partial charge in [-0.15, -0.1) is 6.58 Å². The Labute approximate surface area is 181 Å². The van der Waals surface area contributed by atoms with E-state index in [1.807, 2.05) is 0 Å². The molecule has 0 bridgehead atoms. The zero-order chi connectivity index (χ0) is 22.3. The van der Waals surface area contributed by atoms with Crippen LogP contribution in [-0.4, -0.2) is 55.4 Å². The third-order valence-electron chi connectivity index (χ3n) is 6.87. The standard InChI is InChI=1S/C23H29NO7/c1-4-10-23(27)16-8-6-7-9-18(16)24(20(26)28-3)22(23)12-11-21(30-13-14-31-21)15-17(22)19(25)29-5-2/h4,6-9,17,27H,1,5,10-15H2,2-3H3/t17-,22-,23-/m1/s1. The number of esters is 1. The molecule has 0 aromatic heterocycles. The molecular weight excluding hydrogens is 402 g/mol. The van der Waals surface area contributed by atoms with Gasteiger partial charge in [0.25, 0.3) is 0 Å². The number of nitrogens with zero attached hydrogens (tertiary/aromatic N) is 1. The monoisotopic (exact) mass is 431 g/mol. The molecule has 0 radical (unpaired) electrons. The number of hydrogen-bond donors (Lipinski definition) is 1.